The van der Waals surface area contributed by atoms with Crippen molar-refractivity contribution in [1.82, 2.24) is 9.03 Å². The highest BCUT2D eigenvalue weighted by molar-refractivity contribution is 7.87. The van der Waals surface area contributed by atoms with E-state index in [2.05, 4.69) is 28.7 Å². The van der Waals surface area contributed by atoms with E-state index >= 15 is 0 Å². The van der Waals surface area contributed by atoms with E-state index < -0.39 is 10.2 Å². The molecule has 0 amide bonds. The molecular weight excluding hydrogens is 377 g/mol. The average Bonchev–Trinajstić information content (AvgIpc) is 3.39. The number of nitrogens with one attached hydrogen (secondary N) is 1. The van der Waals surface area contributed by atoms with Gasteiger partial charge in [-0.05, 0) is 42.2 Å². The average molecular weight is 404 g/mol. The van der Waals surface area contributed by atoms with Crippen LogP contribution in [0.4, 0.5) is 10.1 Å². The molecule has 0 radical (unpaired) electrons. The molecule has 1 aliphatic carbocycles. The Hall–Kier alpha value is -1.96. The van der Waals surface area contributed by atoms with Crippen molar-refractivity contribution in [3.05, 3.63) is 66.0 Å². The molecule has 2 aromatic rings. The lowest BCUT2D eigenvalue weighted by Gasteiger charge is -2.23. The summed E-state index contributed by atoms with van der Waals surface area (Å²) in [5, 5.41) is 0. The molecule has 1 aliphatic heterocycles. The fourth-order valence-corrected chi connectivity index (χ4v) is 5.67. The zero-order valence-electron chi connectivity index (χ0n) is 16.0. The van der Waals surface area contributed by atoms with Crippen LogP contribution in [0.15, 0.2) is 54.6 Å². The summed E-state index contributed by atoms with van der Waals surface area (Å²) < 4.78 is 43.5. The van der Waals surface area contributed by atoms with Gasteiger partial charge >= 0.3 is 0 Å². The van der Waals surface area contributed by atoms with Gasteiger partial charge in [-0.3, -0.25) is 0 Å². The summed E-state index contributed by atoms with van der Waals surface area (Å²) in [6, 6.07) is 16.4. The van der Waals surface area contributed by atoms with Crippen molar-refractivity contribution >= 4 is 15.9 Å². The Balaban J connectivity index is 1.39. The summed E-state index contributed by atoms with van der Waals surface area (Å²) >= 11 is 0. The second-order valence-corrected chi connectivity index (χ2v) is 9.36. The fraction of sp³-hybridized carbons (Fsp3) is 0.429. The summed E-state index contributed by atoms with van der Waals surface area (Å²) in [7, 11) is -3.53. The number of anilines is 1. The lowest BCUT2D eigenvalue weighted by Crippen LogP contribution is -2.44. The molecule has 4 rings (SSSR count). The van der Waals surface area contributed by atoms with Crippen molar-refractivity contribution < 1.29 is 12.8 Å². The standard InChI is InChI=1S/C21H26FN3O2S/c1-16-20(17-6-3-2-4-7-17)21(16)23-28(26,27)25-13-5-12-24(14-15-25)19-10-8-18(22)9-11-19/h2-4,6-11,16,20-21,23H,5,12-15H2,1H3/t16-,20-,21+/m1/s1. The first kappa shape index (κ1) is 19.4. The summed E-state index contributed by atoms with van der Waals surface area (Å²) in [4.78, 5) is 2.11. The van der Waals surface area contributed by atoms with Crippen LogP contribution in [0.5, 0.6) is 0 Å². The number of halogens is 1. The maximum absolute atomic E-state index is 13.2. The van der Waals surface area contributed by atoms with E-state index in [0.29, 0.717) is 25.6 Å². The van der Waals surface area contributed by atoms with Crippen molar-refractivity contribution in [2.45, 2.75) is 25.3 Å². The normalized spacial score (nSPS) is 26.1. The maximum atomic E-state index is 13.2. The summed E-state index contributed by atoms with van der Waals surface area (Å²) in [6.07, 6.45) is 0.737. The molecule has 5 nitrogen and oxygen atoms in total. The van der Waals surface area contributed by atoms with Crippen LogP contribution in [-0.2, 0) is 10.2 Å². The molecule has 2 aliphatic rings. The van der Waals surface area contributed by atoms with Crippen LogP contribution in [-0.4, -0.2) is 44.9 Å². The zero-order valence-corrected chi connectivity index (χ0v) is 16.8. The number of nitrogens with zero attached hydrogens (tertiary/aromatic N) is 2. The Morgan fingerprint density at radius 2 is 1.68 bits per heavy atom. The van der Waals surface area contributed by atoms with E-state index in [1.54, 1.807) is 16.4 Å². The van der Waals surface area contributed by atoms with Gasteiger partial charge in [0.2, 0.25) is 0 Å². The van der Waals surface area contributed by atoms with Crippen molar-refractivity contribution in [2.24, 2.45) is 5.92 Å². The first-order chi connectivity index (χ1) is 13.5. The minimum absolute atomic E-state index is 0.0520. The molecule has 28 heavy (non-hydrogen) atoms. The second kappa shape index (κ2) is 7.81. The monoisotopic (exact) mass is 403 g/mol. The largest absolute Gasteiger partial charge is 0.370 e. The third-order valence-electron chi connectivity index (χ3n) is 5.83. The maximum Gasteiger partial charge on any atom is 0.279 e. The van der Waals surface area contributed by atoms with Gasteiger partial charge in [-0.25, -0.2) is 4.39 Å². The van der Waals surface area contributed by atoms with E-state index in [9.17, 15) is 12.8 Å². The molecule has 7 heteroatoms. The second-order valence-electron chi connectivity index (χ2n) is 7.66. The van der Waals surface area contributed by atoms with Gasteiger partial charge in [-0.15, -0.1) is 0 Å². The Morgan fingerprint density at radius 1 is 0.964 bits per heavy atom. The van der Waals surface area contributed by atoms with Crippen LogP contribution in [0, 0.1) is 11.7 Å². The van der Waals surface area contributed by atoms with Gasteiger partial charge in [-0.1, -0.05) is 37.3 Å². The van der Waals surface area contributed by atoms with Gasteiger partial charge in [0.05, 0.1) is 0 Å². The Bertz CT molecular complexity index is 905. The van der Waals surface area contributed by atoms with Crippen LogP contribution in [0.1, 0.15) is 24.8 Å². The van der Waals surface area contributed by atoms with Gasteiger partial charge in [0, 0.05) is 43.8 Å². The molecule has 1 N–H and O–H groups in total. The van der Waals surface area contributed by atoms with Gasteiger partial charge < -0.3 is 4.90 Å². The molecule has 2 fully saturated rings. The van der Waals surface area contributed by atoms with E-state index in [1.165, 1.54) is 17.7 Å². The van der Waals surface area contributed by atoms with Crippen molar-refractivity contribution in [2.75, 3.05) is 31.1 Å². The highest BCUT2D eigenvalue weighted by Crippen LogP contribution is 2.47. The van der Waals surface area contributed by atoms with Gasteiger partial charge in [0.1, 0.15) is 5.82 Å². The molecule has 0 bridgehead atoms. The van der Waals surface area contributed by atoms with E-state index in [1.807, 2.05) is 18.2 Å². The topological polar surface area (TPSA) is 52.7 Å². The highest BCUT2D eigenvalue weighted by atomic mass is 32.2. The third kappa shape index (κ3) is 4.06. The summed E-state index contributed by atoms with van der Waals surface area (Å²) in [5.74, 6) is 0.261. The van der Waals surface area contributed by atoms with E-state index in [4.69, 9.17) is 0 Å². The van der Waals surface area contributed by atoms with Crippen molar-refractivity contribution in [3.63, 3.8) is 0 Å². The van der Waals surface area contributed by atoms with Crippen LogP contribution in [0.25, 0.3) is 0 Å². The number of benzene rings is 2. The van der Waals surface area contributed by atoms with E-state index in [0.717, 1.165) is 18.7 Å². The quantitative estimate of drug-likeness (QED) is 0.835. The first-order valence-corrected chi connectivity index (χ1v) is 11.2. The molecule has 3 atom stereocenters. The minimum Gasteiger partial charge on any atom is -0.370 e. The van der Waals surface area contributed by atoms with Crippen LogP contribution in [0.3, 0.4) is 0 Å². The number of hydrogen-bond acceptors (Lipinski definition) is 3. The predicted molar refractivity (Wildman–Crippen MR) is 109 cm³/mol. The molecule has 0 unspecified atom stereocenters. The van der Waals surface area contributed by atoms with Crippen molar-refractivity contribution in [1.29, 1.82) is 0 Å². The third-order valence-corrected chi connectivity index (χ3v) is 7.45. The summed E-state index contributed by atoms with van der Waals surface area (Å²) in [5.41, 5.74) is 2.11. The summed E-state index contributed by atoms with van der Waals surface area (Å²) in [6.45, 7) is 4.34. The number of rotatable bonds is 5. The van der Waals surface area contributed by atoms with Crippen LogP contribution >= 0.6 is 0 Å². The molecule has 1 saturated heterocycles. The van der Waals surface area contributed by atoms with Gasteiger partial charge in [0.25, 0.3) is 10.2 Å². The van der Waals surface area contributed by atoms with Gasteiger partial charge in [-0.2, -0.15) is 17.4 Å². The van der Waals surface area contributed by atoms with Gasteiger partial charge in [0.15, 0.2) is 0 Å². The molecule has 150 valence electrons. The number of hydrogen-bond donors (Lipinski definition) is 1. The lowest BCUT2D eigenvalue weighted by atomic mass is 10.1. The molecule has 1 saturated carbocycles. The molecule has 0 aromatic heterocycles. The van der Waals surface area contributed by atoms with E-state index in [-0.39, 0.29) is 17.8 Å². The zero-order chi connectivity index (χ0) is 19.7. The lowest BCUT2D eigenvalue weighted by molar-refractivity contribution is 0.422. The molecule has 0 spiro atoms. The smallest absolute Gasteiger partial charge is 0.279 e. The Labute approximate surface area is 166 Å². The first-order valence-electron chi connectivity index (χ1n) is 9.78. The van der Waals surface area contributed by atoms with Crippen LogP contribution < -0.4 is 9.62 Å². The predicted octanol–water partition coefficient (Wildman–Crippen LogP) is 2.97. The Kier molecular flexibility index (Phi) is 5.40. The van der Waals surface area contributed by atoms with Crippen molar-refractivity contribution in [3.8, 4) is 0 Å². The van der Waals surface area contributed by atoms with Crippen LogP contribution in [0.2, 0.25) is 0 Å². The molecule has 2 aromatic carbocycles. The Morgan fingerprint density at radius 3 is 2.39 bits per heavy atom. The fourth-order valence-electron chi connectivity index (χ4n) is 4.12. The molecule has 1 heterocycles. The highest BCUT2D eigenvalue weighted by Gasteiger charge is 2.50. The minimum atomic E-state index is -3.53. The SMILES string of the molecule is C[C@H]1[C@H](NS(=O)(=O)N2CCCN(c3ccc(F)cc3)CC2)[C@H]1c1ccccc1. The molecular formula is C21H26FN3O2S.